The van der Waals surface area contributed by atoms with Crippen molar-refractivity contribution in [2.24, 2.45) is 11.8 Å². The van der Waals surface area contributed by atoms with Crippen molar-refractivity contribution in [3.8, 4) is 0 Å². The highest BCUT2D eigenvalue weighted by Crippen LogP contribution is 2.46. The summed E-state index contributed by atoms with van der Waals surface area (Å²) in [5.74, 6) is -4.46. The number of halogens is 1. The minimum absolute atomic E-state index is 0.141. The molecule has 0 aromatic heterocycles. The van der Waals surface area contributed by atoms with Gasteiger partial charge >= 0.3 is 11.9 Å². The largest absolute Gasteiger partial charge is 0.465 e. The number of benzene rings is 1. The second-order valence-corrected chi connectivity index (χ2v) is 7.51. The molecular weight excluding hydrogens is 389 g/mol. The van der Waals surface area contributed by atoms with Gasteiger partial charge in [-0.2, -0.15) is 0 Å². The fraction of sp³-hybridized carbons (Fsp3) is 0.435. The van der Waals surface area contributed by atoms with Crippen molar-refractivity contribution in [3.05, 3.63) is 58.2 Å². The number of hydrogen-bond acceptors (Lipinski definition) is 6. The Balaban J connectivity index is 2.18. The summed E-state index contributed by atoms with van der Waals surface area (Å²) >= 11 is 0. The number of carbonyl (C=O) groups is 3. The first kappa shape index (κ1) is 21.7. The van der Waals surface area contributed by atoms with Crippen molar-refractivity contribution in [2.75, 3.05) is 13.2 Å². The van der Waals surface area contributed by atoms with Crippen molar-refractivity contribution in [3.63, 3.8) is 0 Å². The summed E-state index contributed by atoms with van der Waals surface area (Å²) in [7, 11) is 0. The predicted octanol–water partition coefficient (Wildman–Crippen LogP) is 3.39. The van der Waals surface area contributed by atoms with E-state index in [-0.39, 0.29) is 35.8 Å². The highest BCUT2D eigenvalue weighted by molar-refractivity contribution is 6.12. The van der Waals surface area contributed by atoms with Gasteiger partial charge in [0.25, 0.3) is 0 Å². The lowest BCUT2D eigenvalue weighted by Gasteiger charge is -2.38. The van der Waals surface area contributed by atoms with E-state index in [1.54, 1.807) is 39.0 Å². The van der Waals surface area contributed by atoms with Crippen molar-refractivity contribution >= 4 is 17.7 Å². The van der Waals surface area contributed by atoms with Gasteiger partial charge in [-0.25, -0.2) is 9.18 Å². The van der Waals surface area contributed by atoms with Crippen LogP contribution in [0.2, 0.25) is 0 Å². The molecule has 1 aliphatic heterocycles. The third-order valence-corrected chi connectivity index (χ3v) is 5.54. The first-order chi connectivity index (χ1) is 14.3. The summed E-state index contributed by atoms with van der Waals surface area (Å²) in [4.78, 5) is 38.8. The van der Waals surface area contributed by atoms with Gasteiger partial charge in [0.15, 0.2) is 5.78 Å². The van der Waals surface area contributed by atoms with Gasteiger partial charge in [0, 0.05) is 22.5 Å². The van der Waals surface area contributed by atoms with E-state index in [0.717, 1.165) is 0 Å². The highest BCUT2D eigenvalue weighted by Gasteiger charge is 2.47. The number of rotatable bonds is 5. The zero-order chi connectivity index (χ0) is 22.0. The van der Waals surface area contributed by atoms with Gasteiger partial charge in [0.2, 0.25) is 0 Å². The molecule has 0 spiro atoms. The third kappa shape index (κ3) is 3.76. The van der Waals surface area contributed by atoms with Crippen molar-refractivity contribution < 1.29 is 28.2 Å². The minimum atomic E-state index is -0.998. The summed E-state index contributed by atoms with van der Waals surface area (Å²) < 4.78 is 25.2. The third-order valence-electron chi connectivity index (χ3n) is 5.54. The molecule has 7 heteroatoms. The van der Waals surface area contributed by atoms with Gasteiger partial charge in [-0.05, 0) is 39.2 Å². The van der Waals surface area contributed by atoms with E-state index in [9.17, 15) is 18.8 Å². The Morgan fingerprint density at radius 3 is 2.47 bits per heavy atom. The van der Waals surface area contributed by atoms with Crippen LogP contribution in [0.25, 0.3) is 0 Å². The number of Topliss-reactive ketones (excluding diaryl/α,β-unsaturated/α-hetero) is 1. The maximum absolute atomic E-state index is 14.8. The topological polar surface area (TPSA) is 81.7 Å². The molecule has 3 atom stereocenters. The summed E-state index contributed by atoms with van der Waals surface area (Å²) in [6.07, 6.45) is 0.406. The molecule has 1 aliphatic carbocycles. The Morgan fingerprint density at radius 1 is 1.17 bits per heavy atom. The summed E-state index contributed by atoms with van der Waals surface area (Å²) in [5.41, 5.74) is 1.71. The van der Waals surface area contributed by atoms with E-state index in [2.05, 4.69) is 5.32 Å². The molecule has 0 unspecified atom stereocenters. The van der Waals surface area contributed by atoms with Gasteiger partial charge in [-0.3, -0.25) is 9.59 Å². The van der Waals surface area contributed by atoms with Crippen LogP contribution in [-0.2, 0) is 23.9 Å². The number of ketones is 1. The first-order valence-corrected chi connectivity index (χ1v) is 10.1. The van der Waals surface area contributed by atoms with Gasteiger partial charge in [-0.15, -0.1) is 0 Å². The normalized spacial score (nSPS) is 23.6. The van der Waals surface area contributed by atoms with E-state index in [4.69, 9.17) is 9.47 Å². The Labute approximate surface area is 175 Å². The zero-order valence-corrected chi connectivity index (χ0v) is 17.6. The van der Waals surface area contributed by atoms with Gasteiger partial charge in [0.1, 0.15) is 11.7 Å². The van der Waals surface area contributed by atoms with Crippen LogP contribution in [0.3, 0.4) is 0 Å². The first-order valence-electron chi connectivity index (χ1n) is 10.1. The van der Waals surface area contributed by atoms with Gasteiger partial charge in [0.05, 0.1) is 24.7 Å². The van der Waals surface area contributed by atoms with Gasteiger partial charge in [-0.1, -0.05) is 25.1 Å². The Morgan fingerprint density at radius 2 is 1.83 bits per heavy atom. The maximum Gasteiger partial charge on any atom is 0.336 e. The number of carbonyl (C=O) groups excluding carboxylic acids is 3. The van der Waals surface area contributed by atoms with Gasteiger partial charge < -0.3 is 14.8 Å². The molecule has 1 N–H and O–H groups in total. The molecule has 30 heavy (non-hydrogen) atoms. The Hall–Kier alpha value is -2.96. The van der Waals surface area contributed by atoms with E-state index in [1.165, 1.54) is 6.07 Å². The lowest BCUT2D eigenvalue weighted by Crippen LogP contribution is -2.43. The molecular formula is C23H26FNO5. The number of hydrogen-bond donors (Lipinski definition) is 1. The monoisotopic (exact) mass is 415 g/mol. The van der Waals surface area contributed by atoms with Crippen LogP contribution < -0.4 is 5.32 Å². The number of ether oxygens (including phenoxy) is 2. The molecule has 160 valence electrons. The van der Waals surface area contributed by atoms with Crippen molar-refractivity contribution in [1.29, 1.82) is 0 Å². The van der Waals surface area contributed by atoms with Crippen LogP contribution in [0.4, 0.5) is 4.39 Å². The van der Waals surface area contributed by atoms with Crippen LogP contribution in [-0.4, -0.2) is 30.9 Å². The molecule has 1 aromatic carbocycles. The lowest BCUT2D eigenvalue weighted by molar-refractivity contribution is -0.153. The van der Waals surface area contributed by atoms with Crippen LogP contribution in [0.5, 0.6) is 0 Å². The molecule has 0 saturated carbocycles. The molecule has 2 aliphatic rings. The fourth-order valence-electron chi connectivity index (χ4n) is 4.29. The lowest BCUT2D eigenvalue weighted by atomic mass is 9.69. The van der Waals surface area contributed by atoms with E-state index < -0.39 is 35.4 Å². The second kappa shape index (κ2) is 8.81. The minimum Gasteiger partial charge on any atom is -0.465 e. The molecule has 0 fully saturated rings. The number of dihydropyridines is 1. The van der Waals surface area contributed by atoms with E-state index >= 15 is 0 Å². The van der Waals surface area contributed by atoms with Crippen LogP contribution >= 0.6 is 0 Å². The molecule has 0 bridgehead atoms. The summed E-state index contributed by atoms with van der Waals surface area (Å²) in [5, 5.41) is 3.14. The SMILES string of the molecule is CCOC(=O)C1=C(C)NC2=C(C(=O)[C@H](C(=O)OCC)[C@H](C)C2)[C@H]1c1ccccc1F. The molecule has 1 aromatic rings. The standard InChI is InChI=1S/C23H26FNO5/c1-5-29-22(27)17-12(3)11-16-20(21(17)26)19(14-9-7-8-10-15(14)24)18(13(4)25-16)23(28)30-6-2/h7-10,12,17,19,25H,5-6,11H2,1-4H3/t12-,17-,19+/m1/s1. The average molecular weight is 415 g/mol. The Kier molecular flexibility index (Phi) is 6.39. The van der Waals surface area contributed by atoms with Crippen LogP contribution in [0.15, 0.2) is 46.8 Å². The maximum atomic E-state index is 14.8. The van der Waals surface area contributed by atoms with E-state index in [0.29, 0.717) is 17.8 Å². The summed E-state index contributed by atoms with van der Waals surface area (Å²) in [6, 6.07) is 6.03. The molecule has 1 heterocycles. The molecule has 0 radical (unpaired) electrons. The zero-order valence-electron chi connectivity index (χ0n) is 17.6. The summed E-state index contributed by atoms with van der Waals surface area (Å²) in [6.45, 7) is 7.16. The predicted molar refractivity (Wildman–Crippen MR) is 108 cm³/mol. The van der Waals surface area contributed by atoms with Crippen LogP contribution in [0.1, 0.15) is 45.6 Å². The smallest absolute Gasteiger partial charge is 0.336 e. The number of nitrogens with one attached hydrogen (secondary N) is 1. The Bertz CT molecular complexity index is 949. The molecule has 0 saturated heterocycles. The quantitative estimate of drug-likeness (QED) is 0.586. The van der Waals surface area contributed by atoms with E-state index in [1.807, 2.05) is 6.92 Å². The molecule has 0 amide bonds. The number of allylic oxidation sites excluding steroid dienone is 3. The van der Waals surface area contributed by atoms with Crippen molar-refractivity contribution in [1.82, 2.24) is 5.32 Å². The fourth-order valence-corrected chi connectivity index (χ4v) is 4.29. The molecule has 3 rings (SSSR count). The number of esters is 2. The molecule has 6 nitrogen and oxygen atoms in total. The average Bonchev–Trinajstić information content (AvgIpc) is 2.67. The highest BCUT2D eigenvalue weighted by atomic mass is 19.1. The van der Waals surface area contributed by atoms with Crippen molar-refractivity contribution in [2.45, 2.75) is 40.0 Å². The second-order valence-electron chi connectivity index (χ2n) is 7.51. The van der Waals surface area contributed by atoms with Crippen LogP contribution in [0, 0.1) is 17.7 Å².